The van der Waals surface area contributed by atoms with E-state index in [4.69, 9.17) is 17.3 Å². The number of pyridine rings is 1. The van der Waals surface area contributed by atoms with Crippen molar-refractivity contribution < 1.29 is 9.18 Å². The first-order chi connectivity index (χ1) is 11.5. The Morgan fingerprint density at radius 3 is 2.33 bits per heavy atom. The Morgan fingerprint density at radius 1 is 1.12 bits per heavy atom. The van der Waals surface area contributed by atoms with Crippen molar-refractivity contribution >= 4 is 23.3 Å². The van der Waals surface area contributed by atoms with Crippen molar-refractivity contribution in [3.63, 3.8) is 0 Å². The predicted molar refractivity (Wildman–Crippen MR) is 91.4 cm³/mol. The SMILES string of the molecule is NC(=O)C(c1ccc(Cl)cc1)N1CCN(c2ccc(F)cn2)CC1. The summed E-state index contributed by atoms with van der Waals surface area (Å²) in [4.78, 5) is 20.2. The molecular formula is C17H18ClFN4O. The second kappa shape index (κ2) is 7.15. The summed E-state index contributed by atoms with van der Waals surface area (Å²) in [6.07, 6.45) is 1.21. The number of rotatable bonds is 4. The van der Waals surface area contributed by atoms with Gasteiger partial charge in [0.15, 0.2) is 0 Å². The lowest BCUT2D eigenvalue weighted by Gasteiger charge is -2.38. The highest BCUT2D eigenvalue weighted by molar-refractivity contribution is 6.30. The number of aromatic nitrogens is 1. The van der Waals surface area contributed by atoms with E-state index in [2.05, 4.69) is 9.88 Å². The minimum absolute atomic E-state index is 0.353. The number of piperazine rings is 1. The van der Waals surface area contributed by atoms with E-state index in [0.29, 0.717) is 31.2 Å². The zero-order valence-electron chi connectivity index (χ0n) is 13.0. The van der Waals surface area contributed by atoms with Crippen LogP contribution in [0.5, 0.6) is 0 Å². The molecule has 0 aliphatic carbocycles. The third-order valence-corrected chi connectivity index (χ3v) is 4.42. The van der Waals surface area contributed by atoms with Crippen LogP contribution in [0.4, 0.5) is 10.2 Å². The number of benzene rings is 1. The number of carbonyl (C=O) groups is 1. The number of anilines is 1. The van der Waals surface area contributed by atoms with Crippen LogP contribution in [0.2, 0.25) is 5.02 Å². The maximum Gasteiger partial charge on any atom is 0.239 e. The minimum Gasteiger partial charge on any atom is -0.368 e. The van der Waals surface area contributed by atoms with Crippen LogP contribution in [0.15, 0.2) is 42.6 Å². The van der Waals surface area contributed by atoms with Gasteiger partial charge >= 0.3 is 0 Å². The summed E-state index contributed by atoms with van der Waals surface area (Å²) in [7, 11) is 0. The highest BCUT2D eigenvalue weighted by Crippen LogP contribution is 2.24. The van der Waals surface area contributed by atoms with E-state index in [0.717, 1.165) is 11.4 Å². The fourth-order valence-electron chi connectivity index (χ4n) is 2.96. The van der Waals surface area contributed by atoms with Gasteiger partial charge in [-0.2, -0.15) is 0 Å². The Hall–Kier alpha value is -2.18. The molecule has 5 nitrogen and oxygen atoms in total. The van der Waals surface area contributed by atoms with Gasteiger partial charge in [0.25, 0.3) is 0 Å². The molecule has 0 radical (unpaired) electrons. The third-order valence-electron chi connectivity index (χ3n) is 4.17. The fraction of sp³-hybridized carbons (Fsp3) is 0.294. The quantitative estimate of drug-likeness (QED) is 0.920. The Bertz CT molecular complexity index is 700. The molecule has 1 aromatic heterocycles. The molecule has 2 aromatic rings. The standard InChI is InChI=1S/C17H18ClFN4O/c18-13-3-1-12(2-4-13)16(17(20)24)23-9-7-22(8-10-23)15-6-5-14(19)11-21-15/h1-6,11,16H,7-10H2,(H2,20,24). The number of hydrogen-bond acceptors (Lipinski definition) is 4. The number of amides is 1. The van der Waals surface area contributed by atoms with Crippen LogP contribution in [0.3, 0.4) is 0 Å². The first-order valence-electron chi connectivity index (χ1n) is 7.70. The molecule has 1 aliphatic rings. The average Bonchev–Trinajstić information content (AvgIpc) is 2.58. The molecule has 1 unspecified atom stereocenters. The van der Waals surface area contributed by atoms with Gasteiger partial charge < -0.3 is 10.6 Å². The van der Waals surface area contributed by atoms with Crippen molar-refractivity contribution in [2.24, 2.45) is 5.73 Å². The lowest BCUT2D eigenvalue weighted by molar-refractivity contribution is -0.123. The Kier molecular flexibility index (Phi) is 4.97. The molecule has 1 amide bonds. The Morgan fingerprint density at radius 2 is 1.79 bits per heavy atom. The summed E-state index contributed by atoms with van der Waals surface area (Å²) in [6.45, 7) is 2.70. The number of carbonyl (C=O) groups excluding carboxylic acids is 1. The average molecular weight is 349 g/mol. The molecule has 1 fully saturated rings. The first-order valence-corrected chi connectivity index (χ1v) is 8.08. The normalized spacial score (nSPS) is 16.8. The predicted octanol–water partition coefficient (Wildman–Crippen LogP) is 2.22. The molecule has 126 valence electrons. The molecule has 1 saturated heterocycles. The molecule has 2 heterocycles. The number of nitrogens with zero attached hydrogens (tertiary/aromatic N) is 3. The zero-order valence-corrected chi connectivity index (χ0v) is 13.8. The number of nitrogens with two attached hydrogens (primary N) is 1. The van der Waals surface area contributed by atoms with Crippen molar-refractivity contribution in [2.75, 3.05) is 31.1 Å². The van der Waals surface area contributed by atoms with Gasteiger partial charge in [0.2, 0.25) is 5.91 Å². The summed E-state index contributed by atoms with van der Waals surface area (Å²) in [5, 5.41) is 0.620. The molecule has 7 heteroatoms. The number of hydrogen-bond donors (Lipinski definition) is 1. The van der Waals surface area contributed by atoms with Gasteiger partial charge in [0.1, 0.15) is 17.7 Å². The zero-order chi connectivity index (χ0) is 17.1. The van der Waals surface area contributed by atoms with Crippen LogP contribution in [0.25, 0.3) is 0 Å². The third kappa shape index (κ3) is 3.66. The first kappa shape index (κ1) is 16.7. The smallest absolute Gasteiger partial charge is 0.239 e. The van der Waals surface area contributed by atoms with E-state index in [1.54, 1.807) is 18.2 Å². The summed E-state index contributed by atoms with van der Waals surface area (Å²) in [5.74, 6) is -0.00207. The molecule has 2 N–H and O–H groups in total. The number of halogens is 2. The van der Waals surface area contributed by atoms with Gasteiger partial charge in [0, 0.05) is 31.2 Å². The molecule has 1 atom stereocenters. The van der Waals surface area contributed by atoms with Crippen molar-refractivity contribution in [3.05, 3.63) is 59.0 Å². The van der Waals surface area contributed by atoms with Crippen LogP contribution in [-0.4, -0.2) is 42.0 Å². The summed E-state index contributed by atoms with van der Waals surface area (Å²) in [6, 6.07) is 9.74. The molecule has 3 rings (SSSR count). The van der Waals surface area contributed by atoms with Crippen molar-refractivity contribution in [3.8, 4) is 0 Å². The van der Waals surface area contributed by atoms with Crippen LogP contribution in [-0.2, 0) is 4.79 Å². The van der Waals surface area contributed by atoms with Gasteiger partial charge in [-0.15, -0.1) is 0 Å². The van der Waals surface area contributed by atoms with E-state index in [1.807, 2.05) is 17.0 Å². The van der Waals surface area contributed by atoms with E-state index < -0.39 is 6.04 Å². The second-order valence-electron chi connectivity index (χ2n) is 5.71. The molecule has 24 heavy (non-hydrogen) atoms. The van der Waals surface area contributed by atoms with E-state index in [9.17, 15) is 9.18 Å². The lowest BCUT2D eigenvalue weighted by atomic mass is 10.0. The van der Waals surface area contributed by atoms with Gasteiger partial charge in [-0.25, -0.2) is 9.37 Å². The lowest BCUT2D eigenvalue weighted by Crippen LogP contribution is -2.50. The van der Waals surface area contributed by atoms with Crippen LogP contribution in [0.1, 0.15) is 11.6 Å². The fourth-order valence-corrected chi connectivity index (χ4v) is 3.09. The molecular weight excluding hydrogens is 331 g/mol. The summed E-state index contributed by atoms with van der Waals surface area (Å²) >= 11 is 5.91. The Labute approximate surface area is 144 Å². The van der Waals surface area contributed by atoms with E-state index in [-0.39, 0.29) is 11.7 Å². The molecule has 1 aliphatic heterocycles. The van der Waals surface area contributed by atoms with Crippen molar-refractivity contribution in [1.29, 1.82) is 0 Å². The van der Waals surface area contributed by atoms with Gasteiger partial charge in [-0.1, -0.05) is 23.7 Å². The van der Waals surface area contributed by atoms with Gasteiger partial charge in [-0.05, 0) is 29.8 Å². The highest BCUT2D eigenvalue weighted by Gasteiger charge is 2.29. The topological polar surface area (TPSA) is 62.5 Å². The van der Waals surface area contributed by atoms with Gasteiger partial charge in [-0.3, -0.25) is 9.69 Å². The maximum absolute atomic E-state index is 13.0. The van der Waals surface area contributed by atoms with Crippen LogP contribution in [0, 0.1) is 5.82 Å². The molecule has 1 aromatic carbocycles. The molecule has 0 spiro atoms. The van der Waals surface area contributed by atoms with Crippen LogP contribution < -0.4 is 10.6 Å². The van der Waals surface area contributed by atoms with E-state index in [1.165, 1.54) is 12.3 Å². The minimum atomic E-state index is -0.481. The second-order valence-corrected chi connectivity index (χ2v) is 6.15. The van der Waals surface area contributed by atoms with Crippen molar-refractivity contribution in [1.82, 2.24) is 9.88 Å². The summed E-state index contributed by atoms with van der Waals surface area (Å²) < 4.78 is 13.0. The van der Waals surface area contributed by atoms with Crippen molar-refractivity contribution in [2.45, 2.75) is 6.04 Å². The van der Waals surface area contributed by atoms with Crippen LogP contribution >= 0.6 is 11.6 Å². The maximum atomic E-state index is 13.0. The number of primary amides is 1. The summed E-state index contributed by atoms with van der Waals surface area (Å²) in [5.41, 5.74) is 6.45. The van der Waals surface area contributed by atoms with Gasteiger partial charge in [0.05, 0.1) is 6.20 Å². The molecule has 0 saturated carbocycles. The Balaban J connectivity index is 1.70. The highest BCUT2D eigenvalue weighted by atomic mass is 35.5. The largest absolute Gasteiger partial charge is 0.368 e. The molecule has 0 bridgehead atoms. The van der Waals surface area contributed by atoms with E-state index >= 15 is 0 Å². The monoisotopic (exact) mass is 348 g/mol.